The first-order valence-corrected chi connectivity index (χ1v) is 6.38. The van der Waals surface area contributed by atoms with Crippen LogP contribution in [0.3, 0.4) is 0 Å². The van der Waals surface area contributed by atoms with Gasteiger partial charge in [-0.1, -0.05) is 37.4 Å². The smallest absolute Gasteiger partial charge is 0.123 e. The summed E-state index contributed by atoms with van der Waals surface area (Å²) in [6.07, 6.45) is 4.69. The van der Waals surface area contributed by atoms with E-state index in [1.54, 1.807) is 0 Å². The van der Waals surface area contributed by atoms with E-state index in [9.17, 15) is 4.39 Å². The number of nitrogens with zero attached hydrogens (tertiary/aromatic N) is 1. The molecule has 0 aliphatic carbocycles. The van der Waals surface area contributed by atoms with E-state index in [0.29, 0.717) is 0 Å². The van der Waals surface area contributed by atoms with E-state index in [1.807, 2.05) is 31.3 Å². The van der Waals surface area contributed by atoms with Crippen molar-refractivity contribution in [2.24, 2.45) is 0 Å². The second-order valence-electron chi connectivity index (χ2n) is 4.51. The lowest BCUT2D eigenvalue weighted by molar-refractivity contribution is 0.154. The highest BCUT2D eigenvalue weighted by Crippen LogP contribution is 2.35. The molecule has 0 saturated heterocycles. The zero-order valence-corrected chi connectivity index (χ0v) is 11.2. The molecule has 0 amide bonds. The van der Waals surface area contributed by atoms with Gasteiger partial charge < -0.3 is 0 Å². The molecule has 0 spiro atoms. The van der Waals surface area contributed by atoms with Gasteiger partial charge in [0.25, 0.3) is 0 Å². The van der Waals surface area contributed by atoms with Crippen LogP contribution in [-0.2, 0) is 0 Å². The number of hydrazine groups is 1. The van der Waals surface area contributed by atoms with Crippen LogP contribution in [0.1, 0.15) is 18.0 Å². The first-order valence-electron chi connectivity index (χ1n) is 6.38. The fourth-order valence-electron chi connectivity index (χ4n) is 2.57. The van der Waals surface area contributed by atoms with Crippen LogP contribution in [0.5, 0.6) is 0 Å². The van der Waals surface area contributed by atoms with E-state index in [4.69, 9.17) is 0 Å². The highest BCUT2D eigenvalue weighted by atomic mass is 19.1. The molecule has 1 aromatic rings. The Morgan fingerprint density at radius 3 is 2.47 bits per heavy atom. The molecule has 3 heteroatoms. The zero-order valence-electron chi connectivity index (χ0n) is 11.2. The summed E-state index contributed by atoms with van der Waals surface area (Å²) < 4.78 is 13.1. The second-order valence-corrected chi connectivity index (χ2v) is 4.51. The van der Waals surface area contributed by atoms with Gasteiger partial charge >= 0.3 is 0 Å². The summed E-state index contributed by atoms with van der Waals surface area (Å²) in [5.74, 6) is -0.219. The Hall–Kier alpha value is -1.71. The quantitative estimate of drug-likeness (QED) is 0.890. The molecule has 0 unspecified atom stereocenters. The number of halogens is 1. The molecule has 0 aromatic heterocycles. The SMILES string of the molecule is C=CC1=C(C=C)[C@H](c2ccc(F)cc2)N(NC)CC1. The van der Waals surface area contributed by atoms with Gasteiger partial charge in [-0.3, -0.25) is 5.43 Å². The average molecular weight is 258 g/mol. The third-order valence-electron chi connectivity index (χ3n) is 3.54. The minimum atomic E-state index is -0.219. The molecule has 1 aromatic carbocycles. The van der Waals surface area contributed by atoms with Crippen LogP contribution >= 0.6 is 0 Å². The standard InChI is InChI=1S/C16H19FN2/c1-4-12-10-11-19(18-3)16(15(12)5-2)13-6-8-14(17)9-7-13/h4-9,16,18H,1-2,10-11H2,3H3/t16-/m0/s1. The second kappa shape index (κ2) is 5.95. The van der Waals surface area contributed by atoms with Crippen LogP contribution < -0.4 is 5.43 Å². The molecule has 2 rings (SSSR count). The topological polar surface area (TPSA) is 15.3 Å². The summed E-state index contributed by atoms with van der Waals surface area (Å²) in [7, 11) is 1.90. The Kier molecular flexibility index (Phi) is 4.30. The fourth-order valence-corrected chi connectivity index (χ4v) is 2.57. The van der Waals surface area contributed by atoms with Crippen molar-refractivity contribution in [2.45, 2.75) is 12.5 Å². The monoisotopic (exact) mass is 258 g/mol. The normalized spacial score (nSPS) is 20.4. The molecule has 0 bridgehead atoms. The van der Waals surface area contributed by atoms with Crippen molar-refractivity contribution in [3.05, 3.63) is 72.1 Å². The van der Waals surface area contributed by atoms with Gasteiger partial charge in [0.15, 0.2) is 0 Å². The molecular formula is C16H19FN2. The first-order chi connectivity index (χ1) is 9.21. The van der Waals surface area contributed by atoms with Crippen LogP contribution in [0.15, 0.2) is 60.7 Å². The van der Waals surface area contributed by atoms with Gasteiger partial charge in [-0.2, -0.15) is 0 Å². The van der Waals surface area contributed by atoms with Crippen molar-refractivity contribution in [2.75, 3.05) is 13.6 Å². The molecule has 1 atom stereocenters. The highest BCUT2D eigenvalue weighted by molar-refractivity contribution is 5.42. The first kappa shape index (κ1) is 13.7. The maximum atomic E-state index is 13.1. The van der Waals surface area contributed by atoms with Gasteiger partial charge in [-0.25, -0.2) is 9.40 Å². The number of hydrogen-bond donors (Lipinski definition) is 1. The summed E-state index contributed by atoms with van der Waals surface area (Å²) in [6.45, 7) is 8.67. The molecule has 0 radical (unpaired) electrons. The summed E-state index contributed by atoms with van der Waals surface area (Å²) in [5.41, 5.74) is 6.58. The van der Waals surface area contributed by atoms with Crippen LogP contribution in [0.4, 0.5) is 4.39 Å². The minimum absolute atomic E-state index is 0.0462. The van der Waals surface area contributed by atoms with Gasteiger partial charge in [-0.15, -0.1) is 0 Å². The minimum Gasteiger partial charge on any atom is -0.257 e. The van der Waals surface area contributed by atoms with Crippen LogP contribution in [-0.4, -0.2) is 18.6 Å². The van der Waals surface area contributed by atoms with Crippen molar-refractivity contribution in [3.8, 4) is 0 Å². The number of benzene rings is 1. The summed E-state index contributed by atoms with van der Waals surface area (Å²) in [4.78, 5) is 0. The van der Waals surface area contributed by atoms with E-state index < -0.39 is 0 Å². The Balaban J connectivity index is 2.49. The molecule has 100 valence electrons. The molecule has 1 N–H and O–H groups in total. The van der Waals surface area contributed by atoms with E-state index in [2.05, 4.69) is 23.6 Å². The van der Waals surface area contributed by atoms with Crippen molar-refractivity contribution in [3.63, 3.8) is 0 Å². The molecule has 0 saturated carbocycles. The van der Waals surface area contributed by atoms with Crippen LogP contribution in [0.2, 0.25) is 0 Å². The summed E-state index contributed by atoms with van der Waals surface area (Å²) in [5, 5.41) is 2.14. The molecule has 19 heavy (non-hydrogen) atoms. The van der Waals surface area contributed by atoms with Gasteiger partial charge in [0, 0.05) is 6.54 Å². The van der Waals surface area contributed by atoms with Gasteiger partial charge in [0.1, 0.15) is 5.82 Å². The number of rotatable bonds is 4. The number of allylic oxidation sites excluding steroid dienone is 1. The maximum Gasteiger partial charge on any atom is 0.123 e. The predicted octanol–water partition coefficient (Wildman–Crippen LogP) is 3.38. The number of nitrogens with one attached hydrogen (secondary N) is 1. The molecule has 1 aliphatic rings. The molecule has 0 fully saturated rings. The van der Waals surface area contributed by atoms with Crippen molar-refractivity contribution < 1.29 is 4.39 Å². The molecule has 2 nitrogen and oxygen atoms in total. The van der Waals surface area contributed by atoms with E-state index in [1.165, 1.54) is 17.7 Å². The lowest BCUT2D eigenvalue weighted by Crippen LogP contribution is -2.42. The summed E-state index contributed by atoms with van der Waals surface area (Å²) in [6, 6.07) is 6.67. The third-order valence-corrected chi connectivity index (χ3v) is 3.54. The van der Waals surface area contributed by atoms with E-state index >= 15 is 0 Å². The highest BCUT2D eigenvalue weighted by Gasteiger charge is 2.27. The van der Waals surface area contributed by atoms with E-state index in [0.717, 1.165) is 24.1 Å². The predicted molar refractivity (Wildman–Crippen MR) is 76.9 cm³/mol. The fraction of sp³-hybridized carbons (Fsp3) is 0.250. The Morgan fingerprint density at radius 2 is 1.95 bits per heavy atom. The largest absolute Gasteiger partial charge is 0.257 e. The maximum absolute atomic E-state index is 13.1. The Bertz CT molecular complexity index is 502. The van der Waals surface area contributed by atoms with Gasteiger partial charge in [0.2, 0.25) is 0 Å². The van der Waals surface area contributed by atoms with E-state index in [-0.39, 0.29) is 11.9 Å². The number of hydrogen-bond acceptors (Lipinski definition) is 2. The van der Waals surface area contributed by atoms with Gasteiger partial charge in [-0.05, 0) is 42.3 Å². The zero-order chi connectivity index (χ0) is 13.8. The van der Waals surface area contributed by atoms with Crippen molar-refractivity contribution in [1.82, 2.24) is 10.4 Å². The van der Waals surface area contributed by atoms with Crippen LogP contribution in [0.25, 0.3) is 0 Å². The molecule has 1 aliphatic heterocycles. The summed E-state index contributed by atoms with van der Waals surface area (Å²) >= 11 is 0. The Labute approximate surface area is 113 Å². The lowest BCUT2D eigenvalue weighted by Gasteiger charge is -2.37. The van der Waals surface area contributed by atoms with Crippen molar-refractivity contribution >= 4 is 0 Å². The molecule has 1 heterocycles. The van der Waals surface area contributed by atoms with Crippen molar-refractivity contribution in [1.29, 1.82) is 0 Å². The van der Waals surface area contributed by atoms with Crippen LogP contribution in [0, 0.1) is 5.82 Å². The van der Waals surface area contributed by atoms with Gasteiger partial charge in [0.05, 0.1) is 6.04 Å². The Morgan fingerprint density at radius 1 is 1.26 bits per heavy atom. The third kappa shape index (κ3) is 2.67. The lowest BCUT2D eigenvalue weighted by atomic mass is 9.89. The molecular weight excluding hydrogens is 239 g/mol. The average Bonchev–Trinajstić information content (AvgIpc) is 2.46.